The van der Waals surface area contributed by atoms with Crippen molar-refractivity contribution < 1.29 is 4.74 Å². The van der Waals surface area contributed by atoms with Crippen LogP contribution in [0.1, 0.15) is 44.7 Å². The van der Waals surface area contributed by atoms with E-state index in [4.69, 9.17) is 22.1 Å². The lowest BCUT2D eigenvalue weighted by Crippen LogP contribution is -2.27. The Balaban J connectivity index is 1.95. The molecule has 2 unspecified atom stereocenters. The van der Waals surface area contributed by atoms with Crippen molar-refractivity contribution in [1.29, 1.82) is 0 Å². The zero-order valence-electron chi connectivity index (χ0n) is 10.9. The van der Waals surface area contributed by atoms with Gasteiger partial charge >= 0.3 is 0 Å². The van der Waals surface area contributed by atoms with E-state index in [9.17, 15) is 0 Å². The second-order valence-corrected chi connectivity index (χ2v) is 5.37. The zero-order valence-corrected chi connectivity index (χ0v) is 11.6. The first-order valence-corrected chi connectivity index (χ1v) is 7.11. The van der Waals surface area contributed by atoms with Crippen LogP contribution in [0.3, 0.4) is 0 Å². The van der Waals surface area contributed by atoms with Gasteiger partial charge in [0.1, 0.15) is 5.82 Å². The molecule has 1 aliphatic rings. The molecule has 18 heavy (non-hydrogen) atoms. The molecule has 2 N–H and O–H groups in total. The molecule has 1 heterocycles. The summed E-state index contributed by atoms with van der Waals surface area (Å²) in [7, 11) is 0. The third-order valence-electron chi connectivity index (χ3n) is 3.74. The number of nitrogens with two attached hydrogens (primary N) is 1. The van der Waals surface area contributed by atoms with E-state index in [-0.39, 0.29) is 0 Å². The molecule has 100 valence electrons. The number of anilines is 1. The predicted molar refractivity (Wildman–Crippen MR) is 74.5 cm³/mol. The average molecular weight is 269 g/mol. The Morgan fingerprint density at radius 1 is 1.39 bits per heavy atom. The van der Waals surface area contributed by atoms with Crippen LogP contribution in [0, 0.1) is 5.92 Å². The minimum Gasteiger partial charge on any atom is -0.384 e. The molecule has 0 spiro atoms. The third-order valence-corrected chi connectivity index (χ3v) is 4.08. The molecule has 0 aliphatic heterocycles. The molecular formula is C14H21ClN2O. The van der Waals surface area contributed by atoms with Gasteiger partial charge in [-0.2, -0.15) is 0 Å². The highest BCUT2D eigenvalue weighted by molar-refractivity contribution is 6.31. The van der Waals surface area contributed by atoms with Crippen LogP contribution in [0.5, 0.6) is 0 Å². The van der Waals surface area contributed by atoms with Gasteiger partial charge in [0.2, 0.25) is 0 Å². The maximum Gasteiger partial charge on any atom is 0.123 e. The maximum absolute atomic E-state index is 6.09. The number of rotatable bonds is 4. The Hall–Kier alpha value is -0.800. The molecule has 1 fully saturated rings. The van der Waals surface area contributed by atoms with Crippen molar-refractivity contribution in [3.05, 3.63) is 22.8 Å². The maximum atomic E-state index is 6.09. The molecule has 1 aliphatic carbocycles. The second-order valence-electron chi connectivity index (χ2n) is 4.97. The van der Waals surface area contributed by atoms with Gasteiger partial charge in [0.25, 0.3) is 0 Å². The molecule has 2 rings (SSSR count). The fourth-order valence-electron chi connectivity index (χ4n) is 2.65. The Morgan fingerprint density at radius 3 is 2.94 bits per heavy atom. The summed E-state index contributed by atoms with van der Waals surface area (Å²) in [4.78, 5) is 4.23. The highest BCUT2D eigenvalue weighted by Gasteiger charge is 2.24. The molecule has 0 aromatic carbocycles. The van der Waals surface area contributed by atoms with E-state index in [2.05, 4.69) is 11.9 Å². The van der Waals surface area contributed by atoms with Crippen molar-refractivity contribution in [3.63, 3.8) is 0 Å². The van der Waals surface area contributed by atoms with Gasteiger partial charge in [0, 0.05) is 0 Å². The summed E-state index contributed by atoms with van der Waals surface area (Å²) >= 11 is 6.09. The number of nitrogen functional groups attached to an aromatic ring is 1. The Kier molecular flexibility index (Phi) is 4.84. The van der Waals surface area contributed by atoms with E-state index >= 15 is 0 Å². The van der Waals surface area contributed by atoms with E-state index in [0.717, 1.165) is 12.1 Å². The summed E-state index contributed by atoms with van der Waals surface area (Å²) in [6, 6.07) is 3.49. The van der Waals surface area contributed by atoms with Gasteiger partial charge in [-0.05, 0) is 30.9 Å². The van der Waals surface area contributed by atoms with Crippen molar-refractivity contribution in [3.8, 4) is 0 Å². The molecule has 0 radical (unpaired) electrons. The van der Waals surface area contributed by atoms with Crippen molar-refractivity contribution >= 4 is 17.4 Å². The first-order valence-electron chi connectivity index (χ1n) is 6.73. The number of pyridine rings is 1. The fourth-order valence-corrected chi connectivity index (χ4v) is 2.81. The number of hydrogen-bond donors (Lipinski definition) is 1. The van der Waals surface area contributed by atoms with Crippen LogP contribution in [-0.2, 0) is 11.3 Å². The Morgan fingerprint density at radius 2 is 2.17 bits per heavy atom. The lowest BCUT2D eigenvalue weighted by Gasteiger charge is -2.30. The normalized spacial score (nSPS) is 24.1. The van der Waals surface area contributed by atoms with Crippen LogP contribution in [0.15, 0.2) is 12.1 Å². The summed E-state index contributed by atoms with van der Waals surface area (Å²) in [5.41, 5.74) is 6.41. The zero-order chi connectivity index (χ0) is 13.0. The minimum absolute atomic E-state index is 0.350. The van der Waals surface area contributed by atoms with Crippen LogP contribution in [0.25, 0.3) is 0 Å². The quantitative estimate of drug-likeness (QED) is 0.903. The van der Waals surface area contributed by atoms with Gasteiger partial charge in [0.05, 0.1) is 23.4 Å². The molecule has 1 aromatic rings. The molecule has 1 aromatic heterocycles. The highest BCUT2D eigenvalue weighted by Crippen LogP contribution is 2.30. The largest absolute Gasteiger partial charge is 0.384 e. The average Bonchev–Trinajstić information content (AvgIpc) is 2.40. The summed E-state index contributed by atoms with van der Waals surface area (Å²) in [6.07, 6.45) is 6.55. The number of aromatic nitrogens is 1. The number of hydrogen-bond acceptors (Lipinski definition) is 3. The SMILES string of the molecule is CCC1CCCCC1OCc1nc(N)ccc1Cl. The highest BCUT2D eigenvalue weighted by atomic mass is 35.5. The van der Waals surface area contributed by atoms with Crippen LogP contribution < -0.4 is 5.73 Å². The topological polar surface area (TPSA) is 48.1 Å². The van der Waals surface area contributed by atoms with Crippen LogP contribution in [-0.4, -0.2) is 11.1 Å². The summed E-state index contributed by atoms with van der Waals surface area (Å²) < 4.78 is 6.01. The number of nitrogens with zero attached hydrogens (tertiary/aromatic N) is 1. The summed E-state index contributed by atoms with van der Waals surface area (Å²) in [5.74, 6) is 1.17. The van der Waals surface area contributed by atoms with E-state index in [1.807, 2.05) is 0 Å². The van der Waals surface area contributed by atoms with E-state index in [0.29, 0.717) is 29.5 Å². The van der Waals surface area contributed by atoms with Gasteiger partial charge in [-0.25, -0.2) is 4.98 Å². The van der Waals surface area contributed by atoms with Gasteiger partial charge in [-0.3, -0.25) is 0 Å². The van der Waals surface area contributed by atoms with E-state index in [1.165, 1.54) is 25.7 Å². The third kappa shape index (κ3) is 3.36. The van der Waals surface area contributed by atoms with Crippen molar-refractivity contribution in [1.82, 2.24) is 4.98 Å². The molecule has 3 nitrogen and oxygen atoms in total. The van der Waals surface area contributed by atoms with Crippen molar-refractivity contribution in [2.24, 2.45) is 5.92 Å². The molecule has 2 atom stereocenters. The second kappa shape index (κ2) is 6.39. The van der Waals surface area contributed by atoms with Crippen LogP contribution in [0.4, 0.5) is 5.82 Å². The lowest BCUT2D eigenvalue weighted by molar-refractivity contribution is -0.0233. The Labute approximate surface area is 114 Å². The summed E-state index contributed by atoms with van der Waals surface area (Å²) in [5, 5.41) is 0.632. The Bertz CT molecular complexity index is 397. The summed E-state index contributed by atoms with van der Waals surface area (Å²) in [6.45, 7) is 2.70. The van der Waals surface area contributed by atoms with Crippen molar-refractivity contribution in [2.75, 3.05) is 5.73 Å². The monoisotopic (exact) mass is 268 g/mol. The van der Waals surface area contributed by atoms with Gasteiger partial charge in [-0.1, -0.05) is 37.8 Å². The lowest BCUT2D eigenvalue weighted by atomic mass is 9.85. The first kappa shape index (κ1) is 13.6. The first-order chi connectivity index (χ1) is 8.70. The van der Waals surface area contributed by atoms with E-state index in [1.54, 1.807) is 12.1 Å². The number of ether oxygens (including phenoxy) is 1. The smallest absolute Gasteiger partial charge is 0.123 e. The molecule has 0 amide bonds. The van der Waals surface area contributed by atoms with Crippen molar-refractivity contribution in [2.45, 2.75) is 51.7 Å². The standard InChI is InChI=1S/C14H21ClN2O/c1-2-10-5-3-4-6-13(10)18-9-12-11(15)7-8-14(16)17-12/h7-8,10,13H,2-6,9H2,1H3,(H2,16,17). The minimum atomic E-state index is 0.350. The predicted octanol–water partition coefficient (Wildman–Crippen LogP) is 3.80. The molecule has 0 bridgehead atoms. The number of halogens is 1. The van der Waals surface area contributed by atoms with Crippen LogP contribution >= 0.6 is 11.6 Å². The van der Waals surface area contributed by atoms with Gasteiger partial charge in [0.15, 0.2) is 0 Å². The molecule has 1 saturated carbocycles. The molecular weight excluding hydrogens is 248 g/mol. The molecule has 4 heteroatoms. The molecule has 0 saturated heterocycles. The fraction of sp³-hybridized carbons (Fsp3) is 0.643. The van der Waals surface area contributed by atoms with Crippen LogP contribution in [0.2, 0.25) is 5.02 Å². The van der Waals surface area contributed by atoms with E-state index < -0.39 is 0 Å². The van der Waals surface area contributed by atoms with Gasteiger partial charge < -0.3 is 10.5 Å². The van der Waals surface area contributed by atoms with Gasteiger partial charge in [-0.15, -0.1) is 0 Å².